The fourth-order valence-corrected chi connectivity index (χ4v) is 9.19. The number of aliphatic hydroxyl groups is 4. The maximum atomic E-state index is 13.2. The van der Waals surface area contributed by atoms with Gasteiger partial charge in [-0.1, -0.05) is 200 Å². The van der Waals surface area contributed by atoms with Gasteiger partial charge in [0.05, 0.1) is 24.4 Å². The van der Waals surface area contributed by atoms with Crippen molar-refractivity contribution in [2.75, 3.05) is 50.8 Å². The molecule has 0 spiro atoms. The lowest BCUT2D eigenvalue weighted by atomic mass is 10.1. The fraction of sp³-hybridized carbons (Fsp3) is 0.672. The minimum atomic E-state index is -0.608. The first kappa shape index (κ1) is 68.5. The highest BCUT2D eigenvalue weighted by Crippen LogP contribution is 2.16. The second-order valence-corrected chi connectivity index (χ2v) is 21.1. The summed E-state index contributed by atoms with van der Waals surface area (Å²) < 4.78 is 0. The molecule has 4 atom stereocenters. The number of allylic oxidation sites excluding steroid dienone is 12. The van der Waals surface area contributed by atoms with Crippen molar-refractivity contribution in [1.82, 2.24) is 9.80 Å². The standard InChI is InChI=1S/C61H104N2O6S2/c1-6-10-14-18-22-26-30-34-38-42-56(64)51-62(52-57(65)43-39-35-31-27-23-19-15-11-7-2)46-48-70-60(68)50-55(5)61(69)71-49-47-63(53-58(66)44-40-36-32-28-24-20-16-12-8-3)54-59(67)45-41-37-33-29-25-21-17-13-9-4/h22-29,34-41,50,56-59,64-67H,6-21,30-33,42-49,51-54H2,1-5H3/b26-22-,27-23-,28-24-,29-25-,38-34-,39-35-,40-36-,41-37-,55-50-. The van der Waals surface area contributed by atoms with Gasteiger partial charge in [-0.3, -0.25) is 19.4 Å². The van der Waals surface area contributed by atoms with E-state index >= 15 is 0 Å². The summed E-state index contributed by atoms with van der Waals surface area (Å²) in [5, 5.41) is 43.5. The van der Waals surface area contributed by atoms with Crippen LogP contribution in [0, 0.1) is 0 Å². The lowest BCUT2D eigenvalue weighted by Crippen LogP contribution is -2.39. The van der Waals surface area contributed by atoms with E-state index in [-0.39, 0.29) is 10.2 Å². The molecule has 0 aromatic carbocycles. The van der Waals surface area contributed by atoms with E-state index in [2.05, 4.69) is 101 Å². The smallest absolute Gasteiger partial charge is 0.215 e. The van der Waals surface area contributed by atoms with Gasteiger partial charge in [0.1, 0.15) is 0 Å². The average molecular weight is 1030 g/mol. The molecular weight excluding hydrogens is 921 g/mol. The van der Waals surface area contributed by atoms with Crippen molar-refractivity contribution in [2.24, 2.45) is 0 Å². The maximum Gasteiger partial charge on any atom is 0.215 e. The zero-order valence-corrected chi connectivity index (χ0v) is 47.2. The molecule has 4 unspecified atom stereocenters. The molecule has 0 radical (unpaired) electrons. The van der Waals surface area contributed by atoms with E-state index in [0.29, 0.717) is 82.0 Å². The zero-order chi connectivity index (χ0) is 52.3. The quantitative estimate of drug-likeness (QED) is 0.0266. The molecular formula is C61H104N2O6S2. The molecule has 0 aliphatic heterocycles. The van der Waals surface area contributed by atoms with Gasteiger partial charge < -0.3 is 20.4 Å². The number of rotatable bonds is 48. The summed E-state index contributed by atoms with van der Waals surface area (Å²) in [5.74, 6) is 0.911. The van der Waals surface area contributed by atoms with Crippen molar-refractivity contribution >= 4 is 33.8 Å². The van der Waals surface area contributed by atoms with Crippen LogP contribution in [-0.2, 0) is 9.59 Å². The molecule has 0 saturated heterocycles. The van der Waals surface area contributed by atoms with Crippen LogP contribution in [0.15, 0.2) is 109 Å². The van der Waals surface area contributed by atoms with Gasteiger partial charge in [0, 0.05) is 56.3 Å². The van der Waals surface area contributed by atoms with Gasteiger partial charge in [-0.05, 0) is 116 Å². The third kappa shape index (κ3) is 48.2. The third-order valence-corrected chi connectivity index (χ3v) is 13.5. The average Bonchev–Trinajstić information content (AvgIpc) is 3.34. The minimum Gasteiger partial charge on any atom is -0.391 e. The van der Waals surface area contributed by atoms with Gasteiger partial charge in [-0.15, -0.1) is 0 Å². The first-order valence-electron chi connectivity index (χ1n) is 27.9. The van der Waals surface area contributed by atoms with Crippen LogP contribution < -0.4 is 0 Å². The molecule has 8 nitrogen and oxygen atoms in total. The van der Waals surface area contributed by atoms with Gasteiger partial charge in [-0.2, -0.15) is 0 Å². The van der Waals surface area contributed by atoms with Crippen molar-refractivity contribution < 1.29 is 30.0 Å². The zero-order valence-electron chi connectivity index (χ0n) is 45.6. The summed E-state index contributed by atoms with van der Waals surface area (Å²) in [6.07, 6.45) is 57.5. The summed E-state index contributed by atoms with van der Waals surface area (Å²) in [4.78, 5) is 30.4. The Balaban J connectivity index is 5.40. The van der Waals surface area contributed by atoms with E-state index in [4.69, 9.17) is 0 Å². The number of nitrogens with zero attached hydrogens (tertiary/aromatic N) is 2. The number of carbonyl (C=O) groups is 2. The van der Waals surface area contributed by atoms with Gasteiger partial charge in [0.25, 0.3) is 0 Å². The molecule has 4 N–H and O–H groups in total. The minimum absolute atomic E-state index is 0.177. The maximum absolute atomic E-state index is 13.2. The van der Waals surface area contributed by atoms with E-state index in [0.717, 1.165) is 74.9 Å². The summed E-state index contributed by atoms with van der Waals surface area (Å²) in [7, 11) is 0. The van der Waals surface area contributed by atoms with Crippen LogP contribution in [0.5, 0.6) is 0 Å². The Hall–Kier alpha value is -2.54. The second-order valence-electron chi connectivity index (χ2n) is 18.9. The Morgan fingerprint density at radius 3 is 0.986 bits per heavy atom. The SMILES string of the molecule is CCCCC/C=C\C/C=C\CC(O)CN(CCSC(=O)/C=C(/C)C(=O)SCCN(CC(O)C/C=C\C/C=C\CCCCC)CC(O)C/C=C\C/C=C\CCCCC)CC(O)C/C=C\C/C=C\CCCCC. The Morgan fingerprint density at radius 1 is 0.408 bits per heavy atom. The molecule has 0 aromatic rings. The Bertz CT molecular complexity index is 1450. The highest BCUT2D eigenvalue weighted by Gasteiger charge is 2.18. The molecule has 0 fully saturated rings. The monoisotopic (exact) mass is 1020 g/mol. The molecule has 0 aliphatic carbocycles. The predicted octanol–water partition coefficient (Wildman–Crippen LogP) is 14.4. The van der Waals surface area contributed by atoms with Crippen LogP contribution in [0.4, 0.5) is 0 Å². The van der Waals surface area contributed by atoms with Crippen molar-refractivity contribution in [2.45, 2.75) is 213 Å². The molecule has 0 aliphatic rings. The molecule has 0 rings (SSSR count). The van der Waals surface area contributed by atoms with E-state index in [9.17, 15) is 30.0 Å². The first-order chi connectivity index (χ1) is 34.6. The molecule has 0 saturated carbocycles. The molecule has 10 heteroatoms. The largest absolute Gasteiger partial charge is 0.391 e. The number of carbonyl (C=O) groups excluding carboxylic acids is 2. The molecule has 0 amide bonds. The van der Waals surface area contributed by atoms with Crippen molar-refractivity contribution in [3.05, 3.63) is 109 Å². The highest BCUT2D eigenvalue weighted by molar-refractivity contribution is 8.14. The molecule has 0 heterocycles. The van der Waals surface area contributed by atoms with Crippen molar-refractivity contribution in [3.63, 3.8) is 0 Å². The topological polar surface area (TPSA) is 122 Å². The van der Waals surface area contributed by atoms with Crippen LogP contribution in [0.1, 0.15) is 189 Å². The van der Waals surface area contributed by atoms with Crippen LogP contribution in [-0.4, -0.2) is 116 Å². The lowest BCUT2D eigenvalue weighted by Gasteiger charge is -2.26. The first-order valence-corrected chi connectivity index (χ1v) is 29.9. The molecule has 406 valence electrons. The van der Waals surface area contributed by atoms with Crippen LogP contribution in [0.3, 0.4) is 0 Å². The number of hydrogen-bond acceptors (Lipinski definition) is 10. The van der Waals surface area contributed by atoms with Crippen LogP contribution in [0.25, 0.3) is 0 Å². The Morgan fingerprint density at radius 2 is 0.690 bits per heavy atom. The number of thioether (sulfide) groups is 2. The van der Waals surface area contributed by atoms with Crippen LogP contribution >= 0.6 is 23.5 Å². The summed E-state index contributed by atoms with van der Waals surface area (Å²) in [6.45, 7) is 13.0. The normalized spacial score (nSPS) is 14.8. The van der Waals surface area contributed by atoms with Gasteiger partial charge in [-0.25, -0.2) is 0 Å². The fourth-order valence-electron chi connectivity index (χ4n) is 7.56. The van der Waals surface area contributed by atoms with Crippen molar-refractivity contribution in [1.29, 1.82) is 0 Å². The predicted molar refractivity (Wildman–Crippen MR) is 312 cm³/mol. The van der Waals surface area contributed by atoms with E-state index in [1.165, 1.54) is 83.1 Å². The summed E-state index contributed by atoms with van der Waals surface area (Å²) >= 11 is 2.28. The third-order valence-electron chi connectivity index (χ3n) is 11.8. The summed E-state index contributed by atoms with van der Waals surface area (Å²) in [5.41, 5.74) is 0.376. The lowest BCUT2D eigenvalue weighted by molar-refractivity contribution is -0.109. The molecule has 0 bridgehead atoms. The van der Waals surface area contributed by atoms with Gasteiger partial charge in [0.15, 0.2) is 0 Å². The Kier molecular flexibility index (Phi) is 50.5. The second kappa shape index (κ2) is 52.3. The highest BCUT2D eigenvalue weighted by atomic mass is 32.2. The Labute approximate surface area is 444 Å². The van der Waals surface area contributed by atoms with Gasteiger partial charge in [0.2, 0.25) is 10.2 Å². The van der Waals surface area contributed by atoms with Crippen molar-refractivity contribution in [3.8, 4) is 0 Å². The van der Waals surface area contributed by atoms with E-state index < -0.39 is 24.4 Å². The van der Waals surface area contributed by atoms with Crippen LogP contribution in [0.2, 0.25) is 0 Å². The molecule has 0 aromatic heterocycles. The summed E-state index contributed by atoms with van der Waals surface area (Å²) in [6, 6.07) is 0. The number of aliphatic hydroxyl groups excluding tert-OH is 4. The van der Waals surface area contributed by atoms with E-state index in [1.807, 2.05) is 34.1 Å². The number of hydrogen-bond donors (Lipinski definition) is 4. The molecule has 71 heavy (non-hydrogen) atoms. The number of unbranched alkanes of at least 4 members (excludes halogenated alkanes) is 12. The van der Waals surface area contributed by atoms with Gasteiger partial charge >= 0.3 is 0 Å². The van der Waals surface area contributed by atoms with E-state index in [1.54, 1.807) is 6.92 Å².